The summed E-state index contributed by atoms with van der Waals surface area (Å²) in [6.45, 7) is 8.09. The summed E-state index contributed by atoms with van der Waals surface area (Å²) in [6.07, 6.45) is 0.839. The predicted octanol–water partition coefficient (Wildman–Crippen LogP) is 3.38. The van der Waals surface area contributed by atoms with E-state index in [0.717, 1.165) is 28.9 Å². The third-order valence-electron chi connectivity index (χ3n) is 4.62. The first-order valence-electron chi connectivity index (χ1n) is 9.14. The van der Waals surface area contributed by atoms with Gasteiger partial charge >= 0.3 is 0 Å². The minimum atomic E-state index is -3.57. The van der Waals surface area contributed by atoms with Gasteiger partial charge in [0, 0.05) is 12.0 Å². The molecule has 28 heavy (non-hydrogen) atoms. The van der Waals surface area contributed by atoms with Gasteiger partial charge in [0.1, 0.15) is 12.2 Å². The number of benzene rings is 2. The summed E-state index contributed by atoms with van der Waals surface area (Å²) in [5.74, 6) is 7.05. The van der Waals surface area contributed by atoms with Crippen molar-refractivity contribution in [3.05, 3.63) is 53.1 Å². The Bertz CT molecular complexity index is 1050. The molecule has 0 fully saturated rings. The molecule has 148 valence electrons. The Labute approximate surface area is 167 Å². The van der Waals surface area contributed by atoms with Gasteiger partial charge in [0.15, 0.2) is 11.5 Å². The Hall–Kier alpha value is -2.49. The average Bonchev–Trinajstić information content (AvgIpc) is 2.94. The van der Waals surface area contributed by atoms with Gasteiger partial charge in [0.25, 0.3) is 0 Å². The Balaban J connectivity index is 1.54. The minimum Gasteiger partial charge on any atom is -0.483 e. The van der Waals surface area contributed by atoms with Crippen molar-refractivity contribution in [1.82, 2.24) is 4.72 Å². The fraction of sp³-hybridized carbons (Fsp3) is 0.364. The van der Waals surface area contributed by atoms with E-state index in [9.17, 15) is 8.42 Å². The van der Waals surface area contributed by atoms with E-state index in [1.807, 2.05) is 45.9 Å². The summed E-state index contributed by atoms with van der Waals surface area (Å²) in [5, 5.41) is 0. The van der Waals surface area contributed by atoms with Gasteiger partial charge in [-0.3, -0.25) is 0 Å². The van der Waals surface area contributed by atoms with Crippen LogP contribution in [0.3, 0.4) is 0 Å². The van der Waals surface area contributed by atoms with E-state index in [1.54, 1.807) is 18.2 Å². The first-order valence-corrected chi connectivity index (χ1v) is 10.6. The fourth-order valence-corrected chi connectivity index (χ4v) is 4.03. The number of rotatable bonds is 5. The zero-order valence-electron chi connectivity index (χ0n) is 16.6. The second-order valence-corrected chi connectivity index (χ2v) is 9.26. The number of para-hydroxylation sites is 1. The smallest absolute Gasteiger partial charge is 0.241 e. The minimum absolute atomic E-state index is 0.0229. The third kappa shape index (κ3) is 4.67. The van der Waals surface area contributed by atoms with Crippen LogP contribution in [0.4, 0.5) is 0 Å². The van der Waals surface area contributed by atoms with Gasteiger partial charge in [0.05, 0.1) is 11.4 Å². The van der Waals surface area contributed by atoms with Crippen LogP contribution in [0.15, 0.2) is 41.3 Å². The maximum absolute atomic E-state index is 12.3. The SMILES string of the molecule is Cc1ccc(S(=O)(=O)NCC#CCOc2cccc3c2OC(C)(C)C3)cc1C. The molecule has 0 spiro atoms. The Kier molecular flexibility index (Phi) is 5.69. The molecule has 1 aliphatic heterocycles. The Morgan fingerprint density at radius 3 is 2.68 bits per heavy atom. The van der Waals surface area contributed by atoms with E-state index >= 15 is 0 Å². The molecule has 1 N–H and O–H groups in total. The summed E-state index contributed by atoms with van der Waals surface area (Å²) in [4.78, 5) is 0.244. The third-order valence-corrected chi connectivity index (χ3v) is 6.02. The number of fused-ring (bicyclic) bond motifs is 1. The van der Waals surface area contributed by atoms with Crippen molar-refractivity contribution in [2.45, 2.75) is 44.6 Å². The molecule has 0 radical (unpaired) electrons. The number of aryl methyl sites for hydroxylation is 2. The van der Waals surface area contributed by atoms with Crippen LogP contribution in [0.5, 0.6) is 11.5 Å². The molecule has 0 unspecified atom stereocenters. The summed E-state index contributed by atoms with van der Waals surface area (Å²) < 4.78 is 38.8. The molecule has 3 rings (SSSR count). The fourth-order valence-electron chi connectivity index (χ4n) is 3.02. The number of nitrogens with one attached hydrogen (secondary N) is 1. The van der Waals surface area contributed by atoms with Crippen molar-refractivity contribution in [2.24, 2.45) is 0 Å². The zero-order chi connectivity index (χ0) is 20.4. The monoisotopic (exact) mass is 399 g/mol. The summed E-state index contributed by atoms with van der Waals surface area (Å²) in [7, 11) is -3.57. The van der Waals surface area contributed by atoms with Crippen LogP contribution in [-0.2, 0) is 16.4 Å². The molecular formula is C22H25NO4S. The molecule has 0 aliphatic carbocycles. The first kappa shape index (κ1) is 20.2. The summed E-state index contributed by atoms with van der Waals surface area (Å²) in [6, 6.07) is 10.9. The molecule has 0 bridgehead atoms. The number of hydrogen-bond acceptors (Lipinski definition) is 4. The molecule has 5 nitrogen and oxygen atoms in total. The molecule has 6 heteroatoms. The summed E-state index contributed by atoms with van der Waals surface area (Å²) in [5.41, 5.74) is 2.87. The van der Waals surface area contributed by atoms with Crippen LogP contribution in [0.2, 0.25) is 0 Å². The first-order chi connectivity index (χ1) is 13.2. The van der Waals surface area contributed by atoms with Gasteiger partial charge in [-0.2, -0.15) is 4.72 Å². The van der Waals surface area contributed by atoms with Gasteiger partial charge in [-0.1, -0.05) is 30.0 Å². The highest BCUT2D eigenvalue weighted by Crippen LogP contribution is 2.41. The van der Waals surface area contributed by atoms with Crippen molar-refractivity contribution in [2.75, 3.05) is 13.2 Å². The highest BCUT2D eigenvalue weighted by atomic mass is 32.2. The number of sulfonamides is 1. The molecule has 2 aromatic carbocycles. The molecular weight excluding hydrogens is 374 g/mol. The second-order valence-electron chi connectivity index (χ2n) is 7.50. The maximum Gasteiger partial charge on any atom is 0.241 e. The van der Waals surface area contributed by atoms with Crippen LogP contribution in [-0.4, -0.2) is 27.2 Å². The second kappa shape index (κ2) is 7.86. The van der Waals surface area contributed by atoms with E-state index in [0.29, 0.717) is 5.75 Å². The molecule has 1 heterocycles. The molecule has 2 aromatic rings. The lowest BCUT2D eigenvalue weighted by Crippen LogP contribution is -2.24. The highest BCUT2D eigenvalue weighted by molar-refractivity contribution is 7.89. The van der Waals surface area contributed by atoms with Crippen LogP contribution in [0.25, 0.3) is 0 Å². The van der Waals surface area contributed by atoms with Crippen LogP contribution < -0.4 is 14.2 Å². The van der Waals surface area contributed by atoms with Crippen molar-refractivity contribution in [3.63, 3.8) is 0 Å². The molecule has 0 saturated carbocycles. The zero-order valence-corrected chi connectivity index (χ0v) is 17.4. The van der Waals surface area contributed by atoms with Crippen molar-refractivity contribution < 1.29 is 17.9 Å². The van der Waals surface area contributed by atoms with Crippen LogP contribution >= 0.6 is 0 Å². The molecule has 0 aromatic heterocycles. The summed E-state index contributed by atoms with van der Waals surface area (Å²) >= 11 is 0. The Morgan fingerprint density at radius 1 is 1.14 bits per heavy atom. The normalized spacial score (nSPS) is 14.6. The molecule has 0 saturated heterocycles. The average molecular weight is 400 g/mol. The van der Waals surface area contributed by atoms with E-state index in [2.05, 4.69) is 16.6 Å². The largest absolute Gasteiger partial charge is 0.483 e. The van der Waals surface area contributed by atoms with E-state index < -0.39 is 10.0 Å². The van der Waals surface area contributed by atoms with Gasteiger partial charge < -0.3 is 9.47 Å². The van der Waals surface area contributed by atoms with Gasteiger partial charge in [-0.05, 0) is 57.0 Å². The van der Waals surface area contributed by atoms with Crippen molar-refractivity contribution in [3.8, 4) is 23.3 Å². The van der Waals surface area contributed by atoms with Crippen LogP contribution in [0, 0.1) is 25.7 Å². The quantitative estimate of drug-likeness (QED) is 0.783. The molecule has 1 aliphatic rings. The van der Waals surface area contributed by atoms with Gasteiger partial charge in [0.2, 0.25) is 10.0 Å². The topological polar surface area (TPSA) is 64.6 Å². The van der Waals surface area contributed by atoms with E-state index in [-0.39, 0.29) is 23.6 Å². The van der Waals surface area contributed by atoms with Gasteiger partial charge in [-0.25, -0.2) is 8.42 Å². The predicted molar refractivity (Wildman–Crippen MR) is 109 cm³/mol. The van der Waals surface area contributed by atoms with Gasteiger partial charge in [-0.15, -0.1) is 0 Å². The van der Waals surface area contributed by atoms with E-state index in [1.165, 1.54) is 0 Å². The highest BCUT2D eigenvalue weighted by Gasteiger charge is 2.32. The van der Waals surface area contributed by atoms with Crippen LogP contribution in [0.1, 0.15) is 30.5 Å². The standard InChI is InChI=1S/C22H25NO4S/c1-16-10-11-19(14-17(16)2)28(24,25)23-12-5-6-13-26-20-9-7-8-18-15-22(3,4)27-21(18)20/h7-11,14,23H,12-13,15H2,1-4H3. The lowest BCUT2D eigenvalue weighted by atomic mass is 10.0. The van der Waals surface area contributed by atoms with Crippen molar-refractivity contribution in [1.29, 1.82) is 0 Å². The van der Waals surface area contributed by atoms with E-state index in [4.69, 9.17) is 9.47 Å². The van der Waals surface area contributed by atoms with Crippen molar-refractivity contribution >= 4 is 10.0 Å². The molecule has 0 atom stereocenters. The maximum atomic E-state index is 12.3. The molecule has 0 amide bonds. The number of ether oxygens (including phenoxy) is 2. The Morgan fingerprint density at radius 2 is 1.93 bits per heavy atom. The number of hydrogen-bond donors (Lipinski definition) is 1. The lowest BCUT2D eigenvalue weighted by molar-refractivity contribution is 0.133. The lowest BCUT2D eigenvalue weighted by Gasteiger charge is -2.17.